The summed E-state index contributed by atoms with van der Waals surface area (Å²) in [6.45, 7) is 6.04. The number of esters is 1. The van der Waals surface area contributed by atoms with Gasteiger partial charge in [0.15, 0.2) is 5.82 Å². The third-order valence-electron chi connectivity index (χ3n) is 3.40. The summed E-state index contributed by atoms with van der Waals surface area (Å²) in [6, 6.07) is 6.99. The molecule has 1 aromatic carbocycles. The summed E-state index contributed by atoms with van der Waals surface area (Å²) in [6.07, 6.45) is 3.62. The van der Waals surface area contributed by atoms with Crippen molar-refractivity contribution < 1.29 is 9.53 Å². The van der Waals surface area contributed by atoms with Crippen molar-refractivity contribution in [2.75, 3.05) is 30.4 Å². The number of anilines is 3. The fraction of sp³-hybridized carbons (Fsp3) is 0.412. The molecule has 0 radical (unpaired) electrons. The van der Waals surface area contributed by atoms with Crippen LogP contribution in [0.4, 0.5) is 17.5 Å². The van der Waals surface area contributed by atoms with Gasteiger partial charge in [-0.05, 0) is 37.1 Å². The Morgan fingerprint density at radius 3 is 2.42 bits per heavy atom. The molecule has 24 heavy (non-hydrogen) atoms. The van der Waals surface area contributed by atoms with Gasteiger partial charge in [0.25, 0.3) is 0 Å². The topological polar surface area (TPSA) is 80.2 Å². The number of nitrogens with zero attached hydrogens (tertiary/aromatic N) is 4. The highest BCUT2D eigenvalue weighted by Crippen LogP contribution is 2.17. The van der Waals surface area contributed by atoms with Crippen molar-refractivity contribution >= 4 is 23.4 Å². The van der Waals surface area contributed by atoms with Gasteiger partial charge >= 0.3 is 5.97 Å². The predicted molar refractivity (Wildman–Crippen MR) is 93.7 cm³/mol. The van der Waals surface area contributed by atoms with Crippen LogP contribution in [0.5, 0.6) is 0 Å². The van der Waals surface area contributed by atoms with E-state index in [1.807, 2.05) is 0 Å². The highest BCUT2D eigenvalue weighted by Gasteiger charge is 2.10. The van der Waals surface area contributed by atoms with E-state index in [0.29, 0.717) is 17.3 Å². The molecule has 0 unspecified atom stereocenters. The van der Waals surface area contributed by atoms with Gasteiger partial charge in [-0.3, -0.25) is 0 Å². The Morgan fingerprint density at radius 2 is 1.83 bits per heavy atom. The molecule has 0 aliphatic rings. The van der Waals surface area contributed by atoms with E-state index in [0.717, 1.165) is 31.6 Å². The van der Waals surface area contributed by atoms with Crippen LogP contribution in [0.25, 0.3) is 0 Å². The van der Waals surface area contributed by atoms with Crippen molar-refractivity contribution in [1.29, 1.82) is 0 Å². The minimum absolute atomic E-state index is 0.359. The number of carbonyl (C=O) groups excluding carboxylic acids is 1. The minimum atomic E-state index is -0.359. The lowest BCUT2D eigenvalue weighted by Crippen LogP contribution is -2.27. The molecule has 0 fully saturated rings. The molecule has 0 atom stereocenters. The Labute approximate surface area is 142 Å². The molecule has 0 amide bonds. The molecular formula is C17H23N5O2. The van der Waals surface area contributed by atoms with Crippen molar-refractivity contribution in [2.45, 2.75) is 26.7 Å². The first-order valence-corrected chi connectivity index (χ1v) is 8.08. The Hall–Kier alpha value is -2.70. The minimum Gasteiger partial charge on any atom is -0.465 e. The van der Waals surface area contributed by atoms with E-state index in [1.165, 1.54) is 7.11 Å². The number of benzene rings is 1. The molecule has 0 saturated carbocycles. The van der Waals surface area contributed by atoms with Crippen molar-refractivity contribution in [2.24, 2.45) is 0 Å². The van der Waals surface area contributed by atoms with E-state index in [4.69, 9.17) is 0 Å². The molecule has 1 aromatic heterocycles. The van der Waals surface area contributed by atoms with E-state index < -0.39 is 0 Å². The summed E-state index contributed by atoms with van der Waals surface area (Å²) < 4.78 is 4.69. The van der Waals surface area contributed by atoms with E-state index in [-0.39, 0.29) is 5.97 Å². The molecule has 0 bridgehead atoms. The van der Waals surface area contributed by atoms with E-state index in [2.05, 4.69) is 44.0 Å². The first-order chi connectivity index (χ1) is 11.7. The Balaban J connectivity index is 2.12. The van der Waals surface area contributed by atoms with Crippen LogP contribution >= 0.6 is 0 Å². The van der Waals surface area contributed by atoms with Crippen LogP contribution in [0, 0.1) is 0 Å². The summed E-state index contributed by atoms with van der Waals surface area (Å²) in [7, 11) is 1.36. The smallest absolute Gasteiger partial charge is 0.337 e. The molecule has 0 saturated heterocycles. The second kappa shape index (κ2) is 8.81. The van der Waals surface area contributed by atoms with Crippen LogP contribution < -0.4 is 10.2 Å². The summed E-state index contributed by atoms with van der Waals surface area (Å²) >= 11 is 0. The van der Waals surface area contributed by atoms with Crippen LogP contribution in [0.1, 0.15) is 37.0 Å². The Kier molecular flexibility index (Phi) is 6.48. The second-order valence-electron chi connectivity index (χ2n) is 5.32. The third kappa shape index (κ3) is 4.65. The molecule has 128 valence electrons. The second-order valence-corrected chi connectivity index (χ2v) is 5.32. The number of hydrogen-bond acceptors (Lipinski definition) is 7. The summed E-state index contributed by atoms with van der Waals surface area (Å²) in [5, 5.41) is 11.3. The molecule has 0 aliphatic carbocycles. The molecule has 1 heterocycles. The van der Waals surface area contributed by atoms with Gasteiger partial charge in [-0.15, -0.1) is 5.10 Å². The lowest BCUT2D eigenvalue weighted by atomic mass is 10.2. The van der Waals surface area contributed by atoms with Gasteiger partial charge in [0.2, 0.25) is 5.95 Å². The lowest BCUT2D eigenvalue weighted by Gasteiger charge is -2.21. The number of methoxy groups -OCH3 is 1. The van der Waals surface area contributed by atoms with Crippen LogP contribution in [-0.4, -0.2) is 41.3 Å². The highest BCUT2D eigenvalue weighted by molar-refractivity contribution is 5.89. The molecule has 7 heteroatoms. The van der Waals surface area contributed by atoms with Gasteiger partial charge in [-0.1, -0.05) is 13.8 Å². The monoisotopic (exact) mass is 329 g/mol. The number of rotatable bonds is 8. The number of carbonyl (C=O) groups is 1. The van der Waals surface area contributed by atoms with Gasteiger partial charge in [-0.2, -0.15) is 10.1 Å². The highest BCUT2D eigenvalue weighted by atomic mass is 16.5. The first-order valence-electron chi connectivity index (χ1n) is 8.08. The zero-order valence-corrected chi connectivity index (χ0v) is 14.3. The fourth-order valence-electron chi connectivity index (χ4n) is 2.30. The van der Waals surface area contributed by atoms with Crippen molar-refractivity contribution in [3.63, 3.8) is 0 Å². The molecular weight excluding hydrogens is 306 g/mol. The molecule has 1 N–H and O–H groups in total. The molecule has 0 aliphatic heterocycles. The molecule has 0 spiro atoms. The number of aromatic nitrogens is 3. The Morgan fingerprint density at radius 1 is 1.17 bits per heavy atom. The average Bonchev–Trinajstić information content (AvgIpc) is 2.62. The number of ether oxygens (including phenoxy) is 1. The van der Waals surface area contributed by atoms with Crippen LogP contribution in [0.15, 0.2) is 30.5 Å². The van der Waals surface area contributed by atoms with Crippen molar-refractivity contribution in [1.82, 2.24) is 15.2 Å². The fourth-order valence-corrected chi connectivity index (χ4v) is 2.30. The molecule has 2 rings (SSSR count). The maximum Gasteiger partial charge on any atom is 0.337 e. The normalized spacial score (nSPS) is 10.3. The Bertz CT molecular complexity index is 654. The molecule has 7 nitrogen and oxygen atoms in total. The van der Waals surface area contributed by atoms with Crippen molar-refractivity contribution in [3.05, 3.63) is 36.0 Å². The lowest BCUT2D eigenvalue weighted by molar-refractivity contribution is 0.0601. The maximum atomic E-state index is 11.4. The SMILES string of the molecule is CCCN(CCC)c1nncc(Nc2ccc(C(=O)OC)cc2)n1. The summed E-state index contributed by atoms with van der Waals surface area (Å²) in [4.78, 5) is 18.1. The number of hydrogen-bond donors (Lipinski definition) is 1. The van der Waals surface area contributed by atoms with Crippen LogP contribution in [0.3, 0.4) is 0 Å². The largest absolute Gasteiger partial charge is 0.465 e. The van der Waals surface area contributed by atoms with E-state index in [9.17, 15) is 4.79 Å². The quantitative estimate of drug-likeness (QED) is 0.746. The average molecular weight is 329 g/mol. The third-order valence-corrected chi connectivity index (χ3v) is 3.40. The van der Waals surface area contributed by atoms with Crippen LogP contribution in [-0.2, 0) is 4.74 Å². The van der Waals surface area contributed by atoms with Gasteiger partial charge in [0, 0.05) is 18.8 Å². The maximum absolute atomic E-state index is 11.4. The summed E-state index contributed by atoms with van der Waals surface area (Å²) in [5.41, 5.74) is 1.31. The van der Waals surface area contributed by atoms with Gasteiger partial charge in [0.1, 0.15) is 0 Å². The molecule has 2 aromatic rings. The van der Waals surface area contributed by atoms with E-state index in [1.54, 1.807) is 30.5 Å². The van der Waals surface area contributed by atoms with Gasteiger partial charge in [0.05, 0.1) is 18.9 Å². The van der Waals surface area contributed by atoms with E-state index >= 15 is 0 Å². The van der Waals surface area contributed by atoms with Crippen LogP contribution in [0.2, 0.25) is 0 Å². The zero-order chi connectivity index (χ0) is 17.4. The van der Waals surface area contributed by atoms with Crippen molar-refractivity contribution in [3.8, 4) is 0 Å². The zero-order valence-electron chi connectivity index (χ0n) is 14.3. The van der Waals surface area contributed by atoms with Gasteiger partial charge in [-0.25, -0.2) is 4.79 Å². The standard InChI is InChI=1S/C17H23N5O2/c1-4-10-22(11-5-2)17-20-15(12-18-21-17)19-14-8-6-13(7-9-14)16(23)24-3/h6-9,12H,4-5,10-11H2,1-3H3,(H,19,20,21). The summed E-state index contributed by atoms with van der Waals surface area (Å²) in [5.74, 6) is 0.875. The first kappa shape index (κ1) is 17.7. The number of nitrogens with one attached hydrogen (secondary N) is 1. The predicted octanol–water partition coefficient (Wildman–Crippen LogP) is 3.03. The van der Waals surface area contributed by atoms with Gasteiger partial charge < -0.3 is 15.0 Å².